The highest BCUT2D eigenvalue weighted by Gasteiger charge is 2.17. The van der Waals surface area contributed by atoms with Gasteiger partial charge in [-0.05, 0) is 19.8 Å². The van der Waals surface area contributed by atoms with E-state index in [1.165, 1.54) is 0 Å². The van der Waals surface area contributed by atoms with Gasteiger partial charge in [-0.15, -0.1) is 6.58 Å². The lowest BCUT2D eigenvalue weighted by atomic mass is 10.3. The minimum Gasteiger partial charge on any atom is -0.463 e. The fourth-order valence-corrected chi connectivity index (χ4v) is 1.80. The number of nitrogen functional groups attached to an aromatic ring is 1. The molecule has 6 nitrogen and oxygen atoms in total. The Kier molecular flexibility index (Phi) is 3.96. The summed E-state index contributed by atoms with van der Waals surface area (Å²) in [6.45, 7) is 8.22. The molecule has 1 fully saturated rings. The van der Waals surface area contributed by atoms with Gasteiger partial charge in [0.15, 0.2) is 0 Å². The number of ether oxygens (including phenoxy) is 1. The van der Waals surface area contributed by atoms with Crippen LogP contribution in [-0.4, -0.2) is 34.6 Å². The summed E-state index contributed by atoms with van der Waals surface area (Å²) in [7, 11) is 0. The molecule has 0 saturated carbocycles. The van der Waals surface area contributed by atoms with Gasteiger partial charge in [0.05, 0.1) is 6.61 Å². The lowest BCUT2D eigenvalue weighted by Crippen LogP contribution is -2.21. The molecule has 0 radical (unpaired) electrons. The third-order valence-electron chi connectivity index (χ3n) is 2.77. The van der Waals surface area contributed by atoms with Crippen LogP contribution in [0.4, 0.5) is 11.9 Å². The van der Waals surface area contributed by atoms with Gasteiger partial charge in [0.1, 0.15) is 0 Å². The number of anilines is 2. The van der Waals surface area contributed by atoms with Crippen LogP contribution in [0, 0.1) is 0 Å². The highest BCUT2D eigenvalue weighted by molar-refractivity contribution is 5.36. The first kappa shape index (κ1) is 12.6. The third-order valence-corrected chi connectivity index (χ3v) is 2.77. The van der Waals surface area contributed by atoms with Gasteiger partial charge in [-0.1, -0.05) is 5.57 Å². The Morgan fingerprint density at radius 2 is 2.06 bits per heavy atom. The molecule has 0 bridgehead atoms. The highest BCUT2D eigenvalue weighted by atomic mass is 16.5. The monoisotopic (exact) mass is 249 g/mol. The third kappa shape index (κ3) is 3.32. The molecule has 2 rings (SSSR count). The molecule has 18 heavy (non-hydrogen) atoms. The molecule has 2 heterocycles. The van der Waals surface area contributed by atoms with Gasteiger partial charge in [-0.3, -0.25) is 0 Å². The number of nitrogens with zero attached hydrogens (tertiary/aromatic N) is 4. The molecular weight excluding hydrogens is 230 g/mol. The summed E-state index contributed by atoms with van der Waals surface area (Å²) in [4.78, 5) is 14.5. The quantitative estimate of drug-likeness (QED) is 0.795. The Morgan fingerprint density at radius 3 is 2.72 bits per heavy atom. The van der Waals surface area contributed by atoms with Gasteiger partial charge >= 0.3 is 6.01 Å². The summed E-state index contributed by atoms with van der Waals surface area (Å²) >= 11 is 0. The van der Waals surface area contributed by atoms with Gasteiger partial charge in [-0.25, -0.2) is 0 Å². The second-order valence-corrected chi connectivity index (χ2v) is 4.53. The van der Waals surface area contributed by atoms with Crippen LogP contribution >= 0.6 is 0 Å². The predicted molar refractivity (Wildman–Crippen MR) is 70.6 cm³/mol. The Morgan fingerprint density at radius 1 is 1.33 bits per heavy atom. The molecule has 1 saturated heterocycles. The normalized spacial score (nSPS) is 14.8. The second-order valence-electron chi connectivity index (χ2n) is 4.53. The van der Waals surface area contributed by atoms with E-state index in [0.29, 0.717) is 18.6 Å². The van der Waals surface area contributed by atoms with Crippen molar-refractivity contribution in [2.75, 3.05) is 30.3 Å². The maximum absolute atomic E-state index is 5.67. The van der Waals surface area contributed by atoms with Crippen molar-refractivity contribution in [1.29, 1.82) is 0 Å². The van der Waals surface area contributed by atoms with E-state index in [1.807, 2.05) is 6.92 Å². The molecule has 1 aliphatic heterocycles. The Hall–Kier alpha value is -1.85. The first-order chi connectivity index (χ1) is 8.65. The summed E-state index contributed by atoms with van der Waals surface area (Å²) in [6.07, 6.45) is 3.11. The molecule has 1 aromatic heterocycles. The molecule has 6 heteroatoms. The average Bonchev–Trinajstić information content (AvgIpc) is 2.81. The Labute approximate surface area is 107 Å². The van der Waals surface area contributed by atoms with Crippen LogP contribution in [0.1, 0.15) is 26.2 Å². The van der Waals surface area contributed by atoms with Gasteiger partial charge in [0, 0.05) is 19.5 Å². The van der Waals surface area contributed by atoms with E-state index in [4.69, 9.17) is 10.5 Å². The summed E-state index contributed by atoms with van der Waals surface area (Å²) < 4.78 is 5.47. The topological polar surface area (TPSA) is 77.2 Å². The van der Waals surface area contributed by atoms with Gasteiger partial charge in [0.2, 0.25) is 11.9 Å². The highest BCUT2D eigenvalue weighted by Crippen LogP contribution is 2.18. The van der Waals surface area contributed by atoms with Crippen LogP contribution < -0.4 is 15.4 Å². The van der Waals surface area contributed by atoms with Gasteiger partial charge in [-0.2, -0.15) is 15.0 Å². The second kappa shape index (κ2) is 5.66. The molecule has 0 unspecified atom stereocenters. The van der Waals surface area contributed by atoms with E-state index >= 15 is 0 Å². The maximum atomic E-state index is 5.67. The van der Waals surface area contributed by atoms with Gasteiger partial charge < -0.3 is 15.4 Å². The maximum Gasteiger partial charge on any atom is 0.323 e. The summed E-state index contributed by atoms with van der Waals surface area (Å²) in [5, 5.41) is 0. The van der Waals surface area contributed by atoms with Crippen molar-refractivity contribution >= 4 is 11.9 Å². The standard InChI is InChI=1S/C12H19N5O/c1-9(2)5-8-18-12-15-10(13)14-11(16-12)17-6-3-4-7-17/h1,3-8H2,2H3,(H2,13,14,15,16). The minimum atomic E-state index is 0.206. The zero-order chi connectivity index (χ0) is 13.0. The predicted octanol–water partition coefficient (Wildman–Crippen LogP) is 1.40. The molecule has 1 aromatic rings. The lowest BCUT2D eigenvalue weighted by molar-refractivity contribution is 0.296. The van der Waals surface area contributed by atoms with Crippen LogP contribution in [-0.2, 0) is 0 Å². The molecule has 0 aliphatic carbocycles. The first-order valence-corrected chi connectivity index (χ1v) is 6.19. The summed E-state index contributed by atoms with van der Waals surface area (Å²) in [5.74, 6) is 0.822. The Bertz CT molecular complexity index is 428. The van der Waals surface area contributed by atoms with Crippen LogP contribution in [0.15, 0.2) is 12.2 Å². The van der Waals surface area contributed by atoms with Crippen molar-refractivity contribution in [2.45, 2.75) is 26.2 Å². The average molecular weight is 249 g/mol. The molecule has 2 N–H and O–H groups in total. The number of aromatic nitrogens is 3. The van der Waals surface area contributed by atoms with E-state index in [1.54, 1.807) is 0 Å². The largest absolute Gasteiger partial charge is 0.463 e. The fourth-order valence-electron chi connectivity index (χ4n) is 1.80. The van der Waals surface area contributed by atoms with E-state index < -0.39 is 0 Å². The molecule has 0 atom stereocenters. The smallest absolute Gasteiger partial charge is 0.323 e. The molecule has 0 spiro atoms. The van der Waals surface area contributed by atoms with Crippen molar-refractivity contribution in [3.63, 3.8) is 0 Å². The van der Waals surface area contributed by atoms with E-state index in [9.17, 15) is 0 Å². The van der Waals surface area contributed by atoms with Crippen molar-refractivity contribution in [1.82, 2.24) is 15.0 Å². The van der Waals surface area contributed by atoms with Crippen LogP contribution in [0.3, 0.4) is 0 Å². The molecule has 98 valence electrons. The molecule has 0 aromatic carbocycles. The zero-order valence-corrected chi connectivity index (χ0v) is 10.7. The van der Waals surface area contributed by atoms with Gasteiger partial charge in [0.25, 0.3) is 0 Å². The first-order valence-electron chi connectivity index (χ1n) is 6.19. The van der Waals surface area contributed by atoms with E-state index in [2.05, 4.69) is 26.4 Å². The molecule has 0 amide bonds. The van der Waals surface area contributed by atoms with Crippen molar-refractivity contribution in [3.8, 4) is 6.01 Å². The summed E-state index contributed by atoms with van der Waals surface area (Å²) in [5.41, 5.74) is 6.74. The minimum absolute atomic E-state index is 0.206. The zero-order valence-electron chi connectivity index (χ0n) is 10.7. The van der Waals surface area contributed by atoms with Crippen molar-refractivity contribution in [2.24, 2.45) is 0 Å². The van der Waals surface area contributed by atoms with Crippen LogP contribution in [0.2, 0.25) is 0 Å². The van der Waals surface area contributed by atoms with E-state index in [0.717, 1.165) is 37.9 Å². The SMILES string of the molecule is C=C(C)CCOc1nc(N)nc(N2CCCC2)n1. The Balaban J connectivity index is 2.03. The molecular formula is C12H19N5O. The van der Waals surface area contributed by atoms with Crippen LogP contribution in [0.5, 0.6) is 6.01 Å². The number of hydrogen-bond acceptors (Lipinski definition) is 6. The van der Waals surface area contributed by atoms with Crippen molar-refractivity contribution < 1.29 is 4.74 Å². The number of nitrogens with two attached hydrogens (primary N) is 1. The lowest BCUT2D eigenvalue weighted by Gasteiger charge is -2.15. The summed E-state index contributed by atoms with van der Waals surface area (Å²) in [6, 6.07) is 0.297. The number of hydrogen-bond donors (Lipinski definition) is 1. The number of rotatable bonds is 5. The van der Waals surface area contributed by atoms with Crippen LogP contribution in [0.25, 0.3) is 0 Å². The van der Waals surface area contributed by atoms with Crippen molar-refractivity contribution in [3.05, 3.63) is 12.2 Å². The van der Waals surface area contributed by atoms with E-state index in [-0.39, 0.29) is 5.95 Å². The fraction of sp³-hybridized carbons (Fsp3) is 0.583. The molecule has 1 aliphatic rings.